The number of nitrogens with zero attached hydrogens (tertiary/aromatic N) is 1. The Morgan fingerprint density at radius 3 is 2.00 bits per heavy atom. The number of hydrogen-bond acceptors (Lipinski definition) is 3. The van der Waals surface area contributed by atoms with E-state index in [4.69, 9.17) is 5.73 Å². The molecule has 0 saturated carbocycles. The fraction of sp³-hybridized carbons (Fsp3) is 0.385. The summed E-state index contributed by atoms with van der Waals surface area (Å²) in [4.78, 5) is 25.2. The number of rotatable bonds is 5. The highest BCUT2D eigenvalue weighted by Gasteiger charge is 2.34. The maximum absolute atomic E-state index is 12.0. The van der Waals surface area contributed by atoms with Gasteiger partial charge >= 0.3 is 0 Å². The van der Waals surface area contributed by atoms with Gasteiger partial charge in [0.1, 0.15) is 0 Å². The van der Waals surface area contributed by atoms with Gasteiger partial charge in [-0.25, -0.2) is 0 Å². The van der Waals surface area contributed by atoms with Crippen molar-refractivity contribution in [3.05, 3.63) is 35.4 Å². The van der Waals surface area contributed by atoms with Gasteiger partial charge in [-0.15, -0.1) is 17.0 Å². The lowest BCUT2D eigenvalue weighted by atomic mass is 10.1. The van der Waals surface area contributed by atoms with Gasteiger partial charge in [0.05, 0.1) is 11.1 Å². The number of hydrogen-bond donors (Lipinski definition) is 1. The van der Waals surface area contributed by atoms with Crippen LogP contribution in [0.15, 0.2) is 24.3 Å². The van der Waals surface area contributed by atoms with Crippen LogP contribution in [0.25, 0.3) is 0 Å². The fourth-order valence-electron chi connectivity index (χ4n) is 2.03. The summed E-state index contributed by atoms with van der Waals surface area (Å²) in [7, 11) is 0. The second-order valence-corrected chi connectivity index (χ2v) is 4.16. The second kappa shape index (κ2) is 6.66. The molecule has 1 aromatic carbocycles. The van der Waals surface area contributed by atoms with Crippen LogP contribution >= 0.6 is 17.0 Å². The van der Waals surface area contributed by atoms with Crippen molar-refractivity contribution >= 4 is 28.8 Å². The van der Waals surface area contributed by atoms with E-state index in [2.05, 4.69) is 0 Å². The highest BCUT2D eigenvalue weighted by atomic mass is 79.9. The van der Waals surface area contributed by atoms with Crippen LogP contribution in [0.3, 0.4) is 0 Å². The number of benzene rings is 1. The number of fused-ring (bicyclic) bond motifs is 1. The first kappa shape index (κ1) is 14.9. The number of unbranched alkanes of at least 4 members (excludes halogenated alkanes) is 2. The van der Waals surface area contributed by atoms with Gasteiger partial charge in [0.15, 0.2) is 0 Å². The van der Waals surface area contributed by atoms with Crippen molar-refractivity contribution in [3.8, 4) is 0 Å². The highest BCUT2D eigenvalue weighted by Crippen LogP contribution is 2.22. The van der Waals surface area contributed by atoms with E-state index in [-0.39, 0.29) is 28.8 Å². The topological polar surface area (TPSA) is 63.4 Å². The van der Waals surface area contributed by atoms with Crippen molar-refractivity contribution in [2.24, 2.45) is 5.73 Å². The molecular formula is C13H17BrN2O2. The van der Waals surface area contributed by atoms with E-state index in [0.717, 1.165) is 19.3 Å². The summed E-state index contributed by atoms with van der Waals surface area (Å²) in [5.41, 5.74) is 6.45. The van der Waals surface area contributed by atoms with Gasteiger partial charge in [-0.2, -0.15) is 0 Å². The van der Waals surface area contributed by atoms with Gasteiger partial charge in [0.2, 0.25) is 0 Å². The number of nitrogens with two attached hydrogens (primary N) is 1. The third-order valence-electron chi connectivity index (χ3n) is 2.96. The van der Waals surface area contributed by atoms with Gasteiger partial charge in [-0.1, -0.05) is 18.6 Å². The van der Waals surface area contributed by atoms with Crippen molar-refractivity contribution in [3.63, 3.8) is 0 Å². The van der Waals surface area contributed by atoms with Gasteiger partial charge < -0.3 is 5.73 Å². The van der Waals surface area contributed by atoms with Gasteiger partial charge in [0.25, 0.3) is 11.8 Å². The normalized spacial score (nSPS) is 13.5. The Hall–Kier alpha value is -1.20. The lowest BCUT2D eigenvalue weighted by Gasteiger charge is -2.13. The Morgan fingerprint density at radius 2 is 1.50 bits per heavy atom. The maximum atomic E-state index is 12.0. The molecule has 5 heteroatoms. The Bertz CT molecular complexity index is 413. The van der Waals surface area contributed by atoms with Crippen LogP contribution in [-0.2, 0) is 0 Å². The minimum atomic E-state index is -0.168. The molecule has 0 atom stereocenters. The summed E-state index contributed by atoms with van der Waals surface area (Å²) in [6.07, 6.45) is 2.70. The molecule has 98 valence electrons. The summed E-state index contributed by atoms with van der Waals surface area (Å²) in [5.74, 6) is -0.336. The average Bonchev–Trinajstić information content (AvgIpc) is 2.60. The number of halogens is 1. The molecule has 0 spiro atoms. The molecule has 1 aliphatic heterocycles. The SMILES string of the molecule is Br.NCCCCCN1C(=O)c2ccccc2C1=O. The van der Waals surface area contributed by atoms with Crippen LogP contribution < -0.4 is 5.73 Å². The minimum Gasteiger partial charge on any atom is -0.330 e. The quantitative estimate of drug-likeness (QED) is 0.668. The van der Waals surface area contributed by atoms with E-state index in [1.54, 1.807) is 24.3 Å². The summed E-state index contributed by atoms with van der Waals surface area (Å²) in [5, 5.41) is 0. The third-order valence-corrected chi connectivity index (χ3v) is 2.96. The third kappa shape index (κ3) is 2.79. The maximum Gasteiger partial charge on any atom is 0.261 e. The lowest BCUT2D eigenvalue weighted by Crippen LogP contribution is -2.30. The van der Waals surface area contributed by atoms with Crippen molar-refractivity contribution in [1.29, 1.82) is 0 Å². The van der Waals surface area contributed by atoms with E-state index in [0.29, 0.717) is 24.2 Å². The zero-order valence-corrected chi connectivity index (χ0v) is 11.8. The Balaban J connectivity index is 0.00000162. The molecule has 0 aliphatic carbocycles. The van der Waals surface area contributed by atoms with Crippen LogP contribution in [0.1, 0.15) is 40.0 Å². The molecule has 2 rings (SSSR count). The molecule has 0 aromatic heterocycles. The summed E-state index contributed by atoms with van der Waals surface area (Å²) >= 11 is 0. The molecule has 4 nitrogen and oxygen atoms in total. The van der Waals surface area contributed by atoms with Crippen molar-refractivity contribution in [1.82, 2.24) is 4.90 Å². The van der Waals surface area contributed by atoms with E-state index in [9.17, 15) is 9.59 Å². The smallest absolute Gasteiger partial charge is 0.261 e. The molecule has 0 radical (unpaired) electrons. The molecular weight excluding hydrogens is 296 g/mol. The first-order valence-electron chi connectivity index (χ1n) is 5.91. The number of carbonyl (C=O) groups excluding carboxylic acids is 2. The molecule has 0 bridgehead atoms. The van der Waals surface area contributed by atoms with E-state index < -0.39 is 0 Å². The van der Waals surface area contributed by atoms with Gasteiger partial charge in [0, 0.05) is 6.54 Å². The minimum absolute atomic E-state index is 0. The van der Waals surface area contributed by atoms with Crippen molar-refractivity contribution in [2.75, 3.05) is 13.1 Å². The molecule has 18 heavy (non-hydrogen) atoms. The van der Waals surface area contributed by atoms with Crippen LogP contribution in [-0.4, -0.2) is 29.8 Å². The van der Waals surface area contributed by atoms with E-state index in [1.807, 2.05) is 0 Å². The van der Waals surface area contributed by atoms with Crippen LogP contribution in [0, 0.1) is 0 Å². The molecule has 2 amide bonds. The van der Waals surface area contributed by atoms with Crippen LogP contribution in [0.4, 0.5) is 0 Å². The number of imide groups is 1. The Labute approximate surface area is 117 Å². The Morgan fingerprint density at radius 1 is 0.944 bits per heavy atom. The summed E-state index contributed by atoms with van der Waals surface area (Å²) in [6, 6.07) is 6.97. The average molecular weight is 313 g/mol. The predicted molar refractivity (Wildman–Crippen MR) is 75.0 cm³/mol. The molecule has 0 unspecified atom stereocenters. The Kier molecular flexibility index (Phi) is 5.50. The number of carbonyl (C=O) groups is 2. The first-order chi connectivity index (χ1) is 8.25. The van der Waals surface area contributed by atoms with Gasteiger partial charge in [-0.3, -0.25) is 14.5 Å². The van der Waals surface area contributed by atoms with E-state index in [1.165, 1.54) is 4.90 Å². The first-order valence-corrected chi connectivity index (χ1v) is 5.91. The van der Waals surface area contributed by atoms with Crippen LogP contribution in [0.5, 0.6) is 0 Å². The summed E-state index contributed by atoms with van der Waals surface area (Å²) < 4.78 is 0. The molecule has 1 heterocycles. The zero-order chi connectivity index (χ0) is 12.3. The predicted octanol–water partition coefficient (Wildman–Crippen LogP) is 1.99. The van der Waals surface area contributed by atoms with Crippen molar-refractivity contribution in [2.45, 2.75) is 19.3 Å². The van der Waals surface area contributed by atoms with Crippen LogP contribution in [0.2, 0.25) is 0 Å². The largest absolute Gasteiger partial charge is 0.330 e. The second-order valence-electron chi connectivity index (χ2n) is 4.16. The monoisotopic (exact) mass is 312 g/mol. The summed E-state index contributed by atoms with van der Waals surface area (Å²) in [6.45, 7) is 1.15. The molecule has 0 saturated heterocycles. The molecule has 1 aromatic rings. The molecule has 1 aliphatic rings. The van der Waals surface area contributed by atoms with Gasteiger partial charge in [-0.05, 0) is 31.5 Å². The fourth-order valence-corrected chi connectivity index (χ4v) is 2.03. The lowest BCUT2D eigenvalue weighted by molar-refractivity contribution is 0.0651. The molecule has 2 N–H and O–H groups in total. The van der Waals surface area contributed by atoms with Crippen molar-refractivity contribution < 1.29 is 9.59 Å². The number of amides is 2. The zero-order valence-electron chi connectivity index (χ0n) is 10.1. The van der Waals surface area contributed by atoms with E-state index >= 15 is 0 Å². The standard InChI is InChI=1S/C13H16N2O2.BrH/c14-8-4-1-5-9-15-12(16)10-6-2-3-7-11(10)13(15)17;/h2-3,6-7H,1,4-5,8-9,14H2;1H. The highest BCUT2D eigenvalue weighted by molar-refractivity contribution is 8.93. The molecule has 0 fully saturated rings.